The molecule has 0 bridgehead atoms. The summed E-state index contributed by atoms with van der Waals surface area (Å²) in [5.74, 6) is 0. The second-order valence-corrected chi connectivity index (χ2v) is 4.70. The Labute approximate surface area is 107 Å². The first kappa shape index (κ1) is 14.4. The van der Waals surface area contributed by atoms with Crippen molar-refractivity contribution >= 4 is 44.3 Å². The van der Waals surface area contributed by atoms with Crippen LogP contribution in [0.15, 0.2) is 27.1 Å². The van der Waals surface area contributed by atoms with E-state index < -0.39 is 6.10 Å². The molecule has 14 heavy (non-hydrogen) atoms. The molecule has 0 aliphatic carbocycles. The molecule has 0 saturated heterocycles. The number of rotatable bonds is 2. The van der Waals surface area contributed by atoms with Crippen LogP contribution in [0.3, 0.4) is 0 Å². The summed E-state index contributed by atoms with van der Waals surface area (Å²) in [4.78, 5) is 0. The van der Waals surface area contributed by atoms with Crippen LogP contribution >= 0.6 is 44.3 Å². The van der Waals surface area contributed by atoms with Crippen molar-refractivity contribution in [2.75, 3.05) is 0 Å². The highest BCUT2D eigenvalue weighted by molar-refractivity contribution is 9.11. The van der Waals surface area contributed by atoms with Gasteiger partial charge in [0.25, 0.3) is 0 Å². The Morgan fingerprint density at radius 1 is 1.36 bits per heavy atom. The van der Waals surface area contributed by atoms with E-state index in [0.717, 1.165) is 14.5 Å². The summed E-state index contributed by atoms with van der Waals surface area (Å²) >= 11 is 6.74. The van der Waals surface area contributed by atoms with Gasteiger partial charge in [-0.25, -0.2) is 0 Å². The predicted octanol–water partition coefficient (Wildman–Crippen LogP) is 3.01. The zero-order valence-electron chi connectivity index (χ0n) is 7.58. The fourth-order valence-electron chi connectivity index (χ4n) is 1.03. The number of nitrogens with two attached hydrogens (primary N) is 1. The largest absolute Gasteiger partial charge is 0.391 e. The number of hydrogen-bond acceptors (Lipinski definition) is 2. The van der Waals surface area contributed by atoms with Crippen molar-refractivity contribution in [3.8, 4) is 0 Å². The molecule has 0 fully saturated rings. The van der Waals surface area contributed by atoms with E-state index in [9.17, 15) is 5.11 Å². The summed E-state index contributed by atoms with van der Waals surface area (Å²) in [6.45, 7) is 1.68. The third kappa shape index (κ3) is 3.51. The normalized spacial score (nSPS) is 14.4. The molecule has 1 aromatic carbocycles. The molecule has 2 atom stereocenters. The standard InChI is InChI=1S/C9H11Br2NO.ClH/c1-5(13)9(12)7-4-6(10)2-3-8(7)11;/h2-5,9,13H,12H2,1H3;1H/t5-,9-;/m1./s1. The van der Waals surface area contributed by atoms with Crippen molar-refractivity contribution < 1.29 is 5.11 Å². The van der Waals surface area contributed by atoms with Crippen LogP contribution in [0.4, 0.5) is 0 Å². The van der Waals surface area contributed by atoms with Gasteiger partial charge in [-0.2, -0.15) is 0 Å². The van der Waals surface area contributed by atoms with Crippen LogP contribution in [0.5, 0.6) is 0 Å². The zero-order valence-corrected chi connectivity index (χ0v) is 11.6. The van der Waals surface area contributed by atoms with Crippen molar-refractivity contribution in [3.05, 3.63) is 32.7 Å². The fraction of sp³-hybridized carbons (Fsp3) is 0.333. The maximum atomic E-state index is 9.33. The van der Waals surface area contributed by atoms with Crippen LogP contribution in [0.2, 0.25) is 0 Å². The van der Waals surface area contributed by atoms with Gasteiger partial charge >= 0.3 is 0 Å². The molecule has 0 aliphatic rings. The number of aliphatic hydroxyl groups is 1. The fourth-order valence-corrected chi connectivity index (χ4v) is 1.92. The average molecular weight is 345 g/mol. The summed E-state index contributed by atoms with van der Waals surface area (Å²) in [7, 11) is 0. The Morgan fingerprint density at radius 2 is 1.93 bits per heavy atom. The minimum absolute atomic E-state index is 0. The van der Waals surface area contributed by atoms with Crippen LogP contribution in [0.1, 0.15) is 18.5 Å². The Bertz CT molecular complexity index is 307. The van der Waals surface area contributed by atoms with Crippen molar-refractivity contribution in [1.82, 2.24) is 0 Å². The molecule has 0 aliphatic heterocycles. The molecule has 0 amide bonds. The third-order valence-electron chi connectivity index (χ3n) is 1.84. The third-order valence-corrected chi connectivity index (χ3v) is 3.05. The summed E-state index contributed by atoms with van der Waals surface area (Å²) < 4.78 is 1.88. The second-order valence-electron chi connectivity index (χ2n) is 2.93. The molecule has 0 radical (unpaired) electrons. The van der Waals surface area contributed by atoms with E-state index in [0.29, 0.717) is 0 Å². The van der Waals surface area contributed by atoms with Crippen LogP contribution < -0.4 is 5.73 Å². The zero-order chi connectivity index (χ0) is 10.0. The monoisotopic (exact) mass is 343 g/mol. The number of halogens is 3. The second kappa shape index (κ2) is 6.08. The number of aliphatic hydroxyl groups excluding tert-OH is 1. The topological polar surface area (TPSA) is 46.2 Å². The first-order valence-electron chi connectivity index (χ1n) is 3.91. The number of hydrogen-bond donors (Lipinski definition) is 2. The van der Waals surface area contributed by atoms with Crippen LogP contribution in [0.25, 0.3) is 0 Å². The van der Waals surface area contributed by atoms with E-state index in [2.05, 4.69) is 31.9 Å². The number of benzene rings is 1. The lowest BCUT2D eigenvalue weighted by Crippen LogP contribution is -2.23. The Balaban J connectivity index is 0.00000169. The van der Waals surface area contributed by atoms with Crippen molar-refractivity contribution in [2.45, 2.75) is 19.1 Å². The summed E-state index contributed by atoms with van der Waals surface area (Å²) in [6.07, 6.45) is -0.550. The molecule has 1 aromatic rings. The molecule has 5 heteroatoms. The van der Waals surface area contributed by atoms with E-state index >= 15 is 0 Å². The average Bonchev–Trinajstić information content (AvgIpc) is 2.08. The molecular weight excluding hydrogens is 333 g/mol. The van der Waals surface area contributed by atoms with E-state index in [-0.39, 0.29) is 18.4 Å². The van der Waals surface area contributed by atoms with Crippen LogP contribution in [0, 0.1) is 0 Å². The van der Waals surface area contributed by atoms with Gasteiger partial charge in [-0.1, -0.05) is 31.9 Å². The van der Waals surface area contributed by atoms with Gasteiger partial charge in [-0.05, 0) is 30.7 Å². The quantitative estimate of drug-likeness (QED) is 0.865. The lowest BCUT2D eigenvalue weighted by Gasteiger charge is -2.16. The Kier molecular flexibility index (Phi) is 6.25. The van der Waals surface area contributed by atoms with E-state index in [1.54, 1.807) is 6.92 Å². The molecule has 0 saturated carbocycles. The molecule has 0 spiro atoms. The summed E-state index contributed by atoms with van der Waals surface area (Å²) in [5.41, 5.74) is 6.71. The minimum Gasteiger partial charge on any atom is -0.391 e. The Hall–Kier alpha value is 0.390. The summed E-state index contributed by atoms with van der Waals surface area (Å²) in [5, 5.41) is 9.33. The molecule has 0 aromatic heterocycles. The highest BCUT2D eigenvalue weighted by atomic mass is 79.9. The van der Waals surface area contributed by atoms with Crippen molar-refractivity contribution in [2.24, 2.45) is 5.73 Å². The van der Waals surface area contributed by atoms with Crippen LogP contribution in [-0.2, 0) is 0 Å². The highest BCUT2D eigenvalue weighted by Crippen LogP contribution is 2.27. The summed E-state index contributed by atoms with van der Waals surface area (Å²) in [6, 6.07) is 5.37. The van der Waals surface area contributed by atoms with Crippen molar-refractivity contribution in [1.29, 1.82) is 0 Å². The molecule has 3 N–H and O–H groups in total. The lowest BCUT2D eigenvalue weighted by atomic mass is 10.0. The molecule has 80 valence electrons. The van der Waals surface area contributed by atoms with Gasteiger partial charge in [0, 0.05) is 8.95 Å². The van der Waals surface area contributed by atoms with Gasteiger partial charge < -0.3 is 10.8 Å². The van der Waals surface area contributed by atoms with E-state index in [4.69, 9.17) is 5.73 Å². The smallest absolute Gasteiger partial charge is 0.0705 e. The van der Waals surface area contributed by atoms with Gasteiger partial charge in [-0.15, -0.1) is 12.4 Å². The first-order chi connectivity index (χ1) is 6.02. The molecule has 1 rings (SSSR count). The van der Waals surface area contributed by atoms with Gasteiger partial charge in [0.05, 0.1) is 12.1 Å². The van der Waals surface area contributed by atoms with Gasteiger partial charge in [0.2, 0.25) is 0 Å². The Morgan fingerprint density at radius 3 is 2.43 bits per heavy atom. The van der Waals surface area contributed by atoms with Gasteiger partial charge in [-0.3, -0.25) is 0 Å². The molecule has 0 heterocycles. The molecule has 2 nitrogen and oxygen atoms in total. The maximum absolute atomic E-state index is 9.33. The first-order valence-corrected chi connectivity index (χ1v) is 5.49. The predicted molar refractivity (Wildman–Crippen MR) is 67.7 cm³/mol. The SMILES string of the molecule is C[C@@H](O)[C@@H](N)c1cc(Br)ccc1Br.Cl. The molecule has 0 unspecified atom stereocenters. The van der Waals surface area contributed by atoms with Crippen molar-refractivity contribution in [3.63, 3.8) is 0 Å². The van der Waals surface area contributed by atoms with Gasteiger partial charge in [0.15, 0.2) is 0 Å². The minimum atomic E-state index is -0.550. The lowest BCUT2D eigenvalue weighted by molar-refractivity contribution is 0.164. The van der Waals surface area contributed by atoms with E-state index in [1.807, 2.05) is 18.2 Å². The van der Waals surface area contributed by atoms with Gasteiger partial charge in [0.1, 0.15) is 0 Å². The maximum Gasteiger partial charge on any atom is 0.0705 e. The van der Waals surface area contributed by atoms with E-state index in [1.165, 1.54) is 0 Å². The highest BCUT2D eigenvalue weighted by Gasteiger charge is 2.14. The molecular formula is C9H12Br2ClNO. The van der Waals surface area contributed by atoms with Crippen LogP contribution in [-0.4, -0.2) is 11.2 Å².